The maximum Gasteiger partial charge on any atom is 0.247 e. The Morgan fingerprint density at radius 2 is 2.10 bits per heavy atom. The summed E-state index contributed by atoms with van der Waals surface area (Å²) in [6, 6.07) is 0. The molecular weight excluding hydrogens is 252 g/mol. The normalized spacial score (nSPS) is 16.7. The van der Waals surface area contributed by atoms with Crippen molar-refractivity contribution in [2.75, 3.05) is 50.5 Å². The largest absolute Gasteiger partial charge is 0.369 e. The van der Waals surface area contributed by atoms with Crippen LogP contribution in [0.25, 0.3) is 0 Å². The molecule has 0 unspecified atom stereocenters. The van der Waals surface area contributed by atoms with Crippen molar-refractivity contribution in [3.63, 3.8) is 0 Å². The number of hydrogen-bond donors (Lipinski definition) is 1. The van der Waals surface area contributed by atoms with E-state index in [0.29, 0.717) is 0 Å². The summed E-state index contributed by atoms with van der Waals surface area (Å²) in [5.41, 5.74) is 0. The fourth-order valence-corrected chi connectivity index (χ4v) is 2.33. The molecule has 1 aliphatic rings. The quantitative estimate of drug-likeness (QED) is 0.795. The van der Waals surface area contributed by atoms with E-state index in [9.17, 15) is 0 Å². The molecule has 112 valence electrons. The van der Waals surface area contributed by atoms with Crippen molar-refractivity contribution in [3.05, 3.63) is 6.20 Å². The first kappa shape index (κ1) is 15.0. The molecule has 20 heavy (non-hydrogen) atoms. The smallest absolute Gasteiger partial charge is 0.247 e. The van der Waals surface area contributed by atoms with Gasteiger partial charge < -0.3 is 15.1 Å². The Hall–Kier alpha value is -1.43. The summed E-state index contributed by atoms with van der Waals surface area (Å²) in [5, 5.41) is 11.5. The van der Waals surface area contributed by atoms with E-state index in [0.717, 1.165) is 50.3 Å². The molecule has 6 heteroatoms. The predicted octanol–water partition coefficient (Wildman–Crippen LogP) is 1.47. The molecule has 1 aromatic heterocycles. The Labute approximate surface area is 121 Å². The summed E-state index contributed by atoms with van der Waals surface area (Å²) in [7, 11) is 4.17. The molecule has 0 spiro atoms. The van der Waals surface area contributed by atoms with Gasteiger partial charge in [-0.05, 0) is 45.8 Å². The second kappa shape index (κ2) is 7.38. The number of aromatic nitrogens is 3. The van der Waals surface area contributed by atoms with Crippen LogP contribution in [-0.2, 0) is 0 Å². The zero-order valence-electron chi connectivity index (χ0n) is 12.8. The third-order valence-electron chi connectivity index (χ3n) is 3.70. The first-order chi connectivity index (χ1) is 9.65. The highest BCUT2D eigenvalue weighted by molar-refractivity contribution is 5.39. The molecule has 1 N–H and O–H groups in total. The number of anilines is 2. The van der Waals surface area contributed by atoms with E-state index in [1.54, 1.807) is 6.20 Å². The molecule has 1 fully saturated rings. The van der Waals surface area contributed by atoms with Gasteiger partial charge in [-0.2, -0.15) is 10.1 Å². The van der Waals surface area contributed by atoms with Gasteiger partial charge in [0, 0.05) is 19.6 Å². The standard InChI is InChI=1S/C14H26N6/c1-12-5-9-20(10-6-12)14-17-13(11-16-18-14)15-7-4-8-19(2)3/h11-12H,4-10H2,1-3H3,(H,15,17,18). The fraction of sp³-hybridized carbons (Fsp3) is 0.786. The van der Waals surface area contributed by atoms with E-state index in [1.807, 2.05) is 0 Å². The summed E-state index contributed by atoms with van der Waals surface area (Å²) in [5.74, 6) is 2.40. The van der Waals surface area contributed by atoms with Crippen LogP contribution in [0.1, 0.15) is 26.2 Å². The van der Waals surface area contributed by atoms with Gasteiger partial charge >= 0.3 is 0 Å². The summed E-state index contributed by atoms with van der Waals surface area (Å²) in [6.07, 6.45) is 5.22. The lowest BCUT2D eigenvalue weighted by atomic mass is 10.00. The molecule has 2 rings (SSSR count). The second-order valence-electron chi connectivity index (χ2n) is 5.89. The lowest BCUT2D eigenvalue weighted by Crippen LogP contribution is -2.34. The van der Waals surface area contributed by atoms with Crippen molar-refractivity contribution < 1.29 is 0 Å². The lowest BCUT2D eigenvalue weighted by Gasteiger charge is -2.29. The van der Waals surface area contributed by atoms with Crippen molar-refractivity contribution >= 4 is 11.8 Å². The van der Waals surface area contributed by atoms with E-state index in [1.165, 1.54) is 12.8 Å². The van der Waals surface area contributed by atoms with Crippen LogP contribution >= 0.6 is 0 Å². The predicted molar refractivity (Wildman–Crippen MR) is 82.1 cm³/mol. The number of rotatable bonds is 6. The van der Waals surface area contributed by atoms with Gasteiger partial charge in [-0.25, -0.2) is 0 Å². The topological polar surface area (TPSA) is 57.2 Å². The minimum atomic E-state index is 0.759. The number of nitrogens with one attached hydrogen (secondary N) is 1. The highest BCUT2D eigenvalue weighted by Crippen LogP contribution is 2.20. The van der Waals surface area contributed by atoms with E-state index in [4.69, 9.17) is 0 Å². The molecule has 0 aromatic carbocycles. The summed E-state index contributed by atoms with van der Waals surface area (Å²) in [4.78, 5) is 8.98. The van der Waals surface area contributed by atoms with Crippen LogP contribution in [0.4, 0.5) is 11.8 Å². The first-order valence-corrected chi connectivity index (χ1v) is 7.48. The first-order valence-electron chi connectivity index (χ1n) is 7.48. The second-order valence-corrected chi connectivity index (χ2v) is 5.89. The molecule has 0 amide bonds. The highest BCUT2D eigenvalue weighted by Gasteiger charge is 2.18. The third kappa shape index (κ3) is 4.59. The fourth-order valence-electron chi connectivity index (χ4n) is 2.33. The Bertz CT molecular complexity index is 400. The van der Waals surface area contributed by atoms with Gasteiger partial charge in [0.05, 0.1) is 6.20 Å². The summed E-state index contributed by atoms with van der Waals surface area (Å²) in [6.45, 7) is 6.36. The van der Waals surface area contributed by atoms with Crippen molar-refractivity contribution in [2.24, 2.45) is 5.92 Å². The molecule has 1 aliphatic heterocycles. The van der Waals surface area contributed by atoms with Crippen LogP contribution in [0.3, 0.4) is 0 Å². The molecule has 0 radical (unpaired) electrons. The van der Waals surface area contributed by atoms with Gasteiger partial charge in [-0.3, -0.25) is 0 Å². The van der Waals surface area contributed by atoms with E-state index >= 15 is 0 Å². The molecule has 1 aromatic rings. The summed E-state index contributed by atoms with van der Waals surface area (Å²) < 4.78 is 0. The van der Waals surface area contributed by atoms with Gasteiger partial charge in [0.2, 0.25) is 5.95 Å². The van der Waals surface area contributed by atoms with Crippen LogP contribution in [0.5, 0.6) is 0 Å². The average Bonchev–Trinajstić information content (AvgIpc) is 2.44. The number of nitrogens with zero attached hydrogens (tertiary/aromatic N) is 5. The van der Waals surface area contributed by atoms with Crippen molar-refractivity contribution in [1.29, 1.82) is 0 Å². The molecule has 0 aliphatic carbocycles. The monoisotopic (exact) mass is 278 g/mol. The minimum Gasteiger partial charge on any atom is -0.369 e. The molecule has 0 saturated carbocycles. The Balaban J connectivity index is 1.84. The molecule has 1 saturated heterocycles. The zero-order valence-corrected chi connectivity index (χ0v) is 12.8. The molecule has 0 bridgehead atoms. The SMILES string of the molecule is CC1CCN(c2nncc(NCCCN(C)C)n2)CC1. The van der Waals surface area contributed by atoms with E-state index in [-0.39, 0.29) is 0 Å². The van der Waals surface area contributed by atoms with Crippen molar-refractivity contribution in [2.45, 2.75) is 26.2 Å². The average molecular weight is 278 g/mol. The highest BCUT2D eigenvalue weighted by atomic mass is 15.3. The Kier molecular flexibility index (Phi) is 5.52. The van der Waals surface area contributed by atoms with Gasteiger partial charge in [0.25, 0.3) is 0 Å². The molecular formula is C14H26N6. The molecule has 0 atom stereocenters. The van der Waals surface area contributed by atoms with E-state index in [2.05, 4.69) is 51.3 Å². The van der Waals surface area contributed by atoms with Crippen LogP contribution in [0.2, 0.25) is 0 Å². The maximum absolute atomic E-state index is 4.57. The maximum atomic E-state index is 4.57. The van der Waals surface area contributed by atoms with Gasteiger partial charge in [0.15, 0.2) is 5.82 Å². The zero-order chi connectivity index (χ0) is 14.4. The van der Waals surface area contributed by atoms with Crippen LogP contribution < -0.4 is 10.2 Å². The minimum absolute atomic E-state index is 0.759. The van der Waals surface area contributed by atoms with Gasteiger partial charge in [-0.1, -0.05) is 6.92 Å². The molecule has 2 heterocycles. The molecule has 6 nitrogen and oxygen atoms in total. The lowest BCUT2D eigenvalue weighted by molar-refractivity contribution is 0.405. The number of piperidine rings is 1. The van der Waals surface area contributed by atoms with Gasteiger partial charge in [0.1, 0.15) is 0 Å². The summed E-state index contributed by atoms with van der Waals surface area (Å²) >= 11 is 0. The Morgan fingerprint density at radius 3 is 2.80 bits per heavy atom. The van der Waals surface area contributed by atoms with Gasteiger partial charge in [-0.15, -0.1) is 5.10 Å². The van der Waals surface area contributed by atoms with Crippen LogP contribution in [0, 0.1) is 5.92 Å². The van der Waals surface area contributed by atoms with Crippen molar-refractivity contribution in [1.82, 2.24) is 20.1 Å². The van der Waals surface area contributed by atoms with Crippen molar-refractivity contribution in [3.8, 4) is 0 Å². The number of hydrogen-bond acceptors (Lipinski definition) is 6. The van der Waals surface area contributed by atoms with Crippen LogP contribution in [0.15, 0.2) is 6.20 Å². The van der Waals surface area contributed by atoms with E-state index < -0.39 is 0 Å². The van der Waals surface area contributed by atoms with Crippen LogP contribution in [-0.4, -0.2) is 60.4 Å². The third-order valence-corrected chi connectivity index (χ3v) is 3.70. The Morgan fingerprint density at radius 1 is 1.35 bits per heavy atom.